The highest BCUT2D eigenvalue weighted by atomic mass is 16.2. The van der Waals surface area contributed by atoms with Crippen molar-refractivity contribution in [2.75, 3.05) is 7.05 Å². The normalized spacial score (nSPS) is 9.42. The van der Waals surface area contributed by atoms with Gasteiger partial charge in [-0.2, -0.15) is 5.21 Å². The van der Waals surface area contributed by atoms with Crippen molar-refractivity contribution in [2.45, 2.75) is 0 Å². The first-order chi connectivity index (χ1) is 5.66. The van der Waals surface area contributed by atoms with Gasteiger partial charge in [-0.1, -0.05) is 0 Å². The number of amides is 2. The van der Waals surface area contributed by atoms with Gasteiger partial charge in [-0.05, 0) is 0 Å². The molecule has 0 unspecified atom stereocenters. The van der Waals surface area contributed by atoms with E-state index in [2.05, 4.69) is 20.7 Å². The third-order valence-electron chi connectivity index (χ3n) is 1.22. The zero-order valence-corrected chi connectivity index (χ0v) is 6.29. The van der Waals surface area contributed by atoms with Crippen molar-refractivity contribution in [3.8, 4) is 0 Å². The SMILES string of the molecule is CNC(=O)c1n[nH]nc1C(N)=O. The Morgan fingerprint density at radius 1 is 1.42 bits per heavy atom. The quantitative estimate of drug-likeness (QED) is 0.487. The van der Waals surface area contributed by atoms with Crippen LogP contribution in [0.3, 0.4) is 0 Å². The molecule has 0 aliphatic heterocycles. The molecule has 1 rings (SSSR count). The van der Waals surface area contributed by atoms with Crippen LogP contribution in [0.2, 0.25) is 0 Å². The van der Waals surface area contributed by atoms with Crippen molar-refractivity contribution in [3.05, 3.63) is 11.4 Å². The molecule has 0 spiro atoms. The molecule has 12 heavy (non-hydrogen) atoms. The number of nitrogens with zero attached hydrogens (tertiary/aromatic N) is 2. The van der Waals surface area contributed by atoms with Gasteiger partial charge in [0.15, 0.2) is 11.4 Å². The van der Waals surface area contributed by atoms with Crippen molar-refractivity contribution >= 4 is 11.8 Å². The number of primary amides is 1. The van der Waals surface area contributed by atoms with E-state index in [-0.39, 0.29) is 11.4 Å². The van der Waals surface area contributed by atoms with Gasteiger partial charge in [0, 0.05) is 7.05 Å². The number of aromatic nitrogens is 3. The van der Waals surface area contributed by atoms with Crippen LogP contribution in [0.15, 0.2) is 0 Å². The molecule has 0 aliphatic rings. The lowest BCUT2D eigenvalue weighted by Crippen LogP contribution is -2.23. The number of rotatable bonds is 2. The monoisotopic (exact) mass is 169 g/mol. The van der Waals surface area contributed by atoms with Gasteiger partial charge in [0.1, 0.15) is 0 Å². The van der Waals surface area contributed by atoms with Gasteiger partial charge in [0.05, 0.1) is 0 Å². The first-order valence-electron chi connectivity index (χ1n) is 3.09. The molecule has 0 bridgehead atoms. The number of hydrogen-bond acceptors (Lipinski definition) is 4. The predicted molar refractivity (Wildman–Crippen MR) is 38.3 cm³/mol. The minimum atomic E-state index is -0.789. The second-order valence-electron chi connectivity index (χ2n) is 1.96. The van der Waals surface area contributed by atoms with E-state index < -0.39 is 11.8 Å². The van der Waals surface area contributed by atoms with Gasteiger partial charge in [0.2, 0.25) is 0 Å². The molecule has 1 heterocycles. The van der Waals surface area contributed by atoms with Crippen LogP contribution in [0.25, 0.3) is 0 Å². The third kappa shape index (κ3) is 1.24. The summed E-state index contributed by atoms with van der Waals surface area (Å²) in [6.45, 7) is 0. The van der Waals surface area contributed by atoms with Crippen LogP contribution in [0, 0.1) is 0 Å². The highest BCUT2D eigenvalue weighted by molar-refractivity contribution is 6.03. The first kappa shape index (κ1) is 8.18. The number of nitrogens with one attached hydrogen (secondary N) is 2. The summed E-state index contributed by atoms with van der Waals surface area (Å²) in [7, 11) is 1.42. The van der Waals surface area contributed by atoms with Crippen LogP contribution in [0.5, 0.6) is 0 Å². The molecule has 1 aromatic rings. The Labute approximate surface area is 67.3 Å². The number of aromatic amines is 1. The Morgan fingerprint density at radius 2 is 2.00 bits per heavy atom. The van der Waals surface area contributed by atoms with E-state index in [0.717, 1.165) is 0 Å². The van der Waals surface area contributed by atoms with Crippen LogP contribution in [-0.4, -0.2) is 34.3 Å². The third-order valence-corrected chi connectivity index (χ3v) is 1.22. The topological polar surface area (TPSA) is 114 Å². The van der Waals surface area contributed by atoms with Crippen molar-refractivity contribution < 1.29 is 9.59 Å². The van der Waals surface area contributed by atoms with Gasteiger partial charge in [0.25, 0.3) is 11.8 Å². The predicted octanol–water partition coefficient (Wildman–Crippen LogP) is -1.74. The van der Waals surface area contributed by atoms with Crippen molar-refractivity contribution in [1.82, 2.24) is 20.7 Å². The zero-order chi connectivity index (χ0) is 9.14. The maximum absolute atomic E-state index is 11.0. The zero-order valence-electron chi connectivity index (χ0n) is 6.29. The number of hydrogen-bond donors (Lipinski definition) is 3. The molecule has 0 atom stereocenters. The molecule has 7 nitrogen and oxygen atoms in total. The maximum atomic E-state index is 11.0. The van der Waals surface area contributed by atoms with Gasteiger partial charge in [-0.25, -0.2) is 0 Å². The fourth-order valence-electron chi connectivity index (χ4n) is 0.679. The van der Waals surface area contributed by atoms with Gasteiger partial charge in [-0.15, -0.1) is 10.2 Å². The summed E-state index contributed by atoms with van der Waals surface area (Å²) >= 11 is 0. The molecule has 1 aromatic heterocycles. The molecule has 0 saturated carbocycles. The largest absolute Gasteiger partial charge is 0.364 e. The lowest BCUT2D eigenvalue weighted by molar-refractivity contribution is 0.0938. The molecule has 0 aliphatic carbocycles. The van der Waals surface area contributed by atoms with Gasteiger partial charge >= 0.3 is 0 Å². The molecule has 4 N–H and O–H groups in total. The van der Waals surface area contributed by atoms with Gasteiger partial charge < -0.3 is 11.1 Å². The van der Waals surface area contributed by atoms with Crippen LogP contribution in [0.4, 0.5) is 0 Å². The lowest BCUT2D eigenvalue weighted by Gasteiger charge is -1.93. The smallest absolute Gasteiger partial charge is 0.274 e. The van der Waals surface area contributed by atoms with E-state index in [1.807, 2.05) is 0 Å². The van der Waals surface area contributed by atoms with Crippen molar-refractivity contribution in [3.63, 3.8) is 0 Å². The van der Waals surface area contributed by atoms with E-state index in [9.17, 15) is 9.59 Å². The number of carbonyl (C=O) groups excluding carboxylic acids is 2. The summed E-state index contributed by atoms with van der Waals surface area (Å²) in [5, 5.41) is 11.3. The number of nitrogens with two attached hydrogens (primary N) is 1. The summed E-state index contributed by atoms with van der Waals surface area (Å²) in [5.41, 5.74) is 4.66. The van der Waals surface area contributed by atoms with E-state index >= 15 is 0 Å². The minimum Gasteiger partial charge on any atom is -0.364 e. The molecule has 7 heteroatoms. The molecule has 64 valence electrons. The lowest BCUT2D eigenvalue weighted by atomic mass is 10.3. The Balaban J connectivity index is 3.07. The molecular weight excluding hydrogens is 162 g/mol. The average Bonchev–Trinajstić information content (AvgIpc) is 2.50. The Kier molecular flexibility index (Phi) is 2.04. The van der Waals surface area contributed by atoms with Crippen molar-refractivity contribution in [2.24, 2.45) is 5.73 Å². The first-order valence-corrected chi connectivity index (χ1v) is 3.09. The second-order valence-corrected chi connectivity index (χ2v) is 1.96. The Hall–Kier alpha value is -1.92. The summed E-state index contributed by atoms with van der Waals surface area (Å²) in [6, 6.07) is 0. The average molecular weight is 169 g/mol. The fraction of sp³-hybridized carbons (Fsp3) is 0.200. The van der Waals surface area contributed by atoms with E-state index in [4.69, 9.17) is 5.73 Å². The van der Waals surface area contributed by atoms with Gasteiger partial charge in [-0.3, -0.25) is 9.59 Å². The molecule has 0 radical (unpaired) electrons. The van der Waals surface area contributed by atoms with Crippen LogP contribution in [-0.2, 0) is 0 Å². The molecule has 0 fully saturated rings. The Morgan fingerprint density at radius 3 is 2.50 bits per heavy atom. The maximum Gasteiger partial charge on any atom is 0.274 e. The summed E-state index contributed by atoms with van der Waals surface area (Å²) in [6.07, 6.45) is 0. The number of H-pyrrole nitrogens is 1. The second kappa shape index (κ2) is 2.99. The molecule has 0 saturated heterocycles. The molecule has 0 aromatic carbocycles. The van der Waals surface area contributed by atoms with Crippen molar-refractivity contribution in [1.29, 1.82) is 0 Å². The van der Waals surface area contributed by atoms with E-state index in [1.165, 1.54) is 7.05 Å². The van der Waals surface area contributed by atoms with E-state index in [0.29, 0.717) is 0 Å². The van der Waals surface area contributed by atoms with E-state index in [1.54, 1.807) is 0 Å². The Bertz CT molecular complexity index is 317. The summed E-state index contributed by atoms with van der Waals surface area (Å²) in [4.78, 5) is 21.6. The summed E-state index contributed by atoms with van der Waals surface area (Å²) < 4.78 is 0. The van der Waals surface area contributed by atoms with Crippen LogP contribution in [0.1, 0.15) is 21.0 Å². The summed E-state index contributed by atoms with van der Waals surface area (Å²) in [5.74, 6) is -1.29. The fourth-order valence-corrected chi connectivity index (χ4v) is 0.679. The standard InChI is InChI=1S/C5H7N5O2/c1-7-5(12)3-2(4(6)11)8-10-9-3/h1H3,(H2,6,11)(H,7,12)(H,8,9,10). The highest BCUT2D eigenvalue weighted by Crippen LogP contribution is 1.98. The molecule has 2 amide bonds. The highest BCUT2D eigenvalue weighted by Gasteiger charge is 2.18. The van der Waals surface area contributed by atoms with Crippen LogP contribution < -0.4 is 11.1 Å². The van der Waals surface area contributed by atoms with Crippen LogP contribution >= 0.6 is 0 Å². The minimum absolute atomic E-state index is 0.0926. The molecular formula is C5H7N5O2. The number of carbonyl (C=O) groups is 2.